The Hall–Kier alpha value is -1.25. The zero-order chi connectivity index (χ0) is 16.6. The second kappa shape index (κ2) is 4.18. The zero-order valence-corrected chi connectivity index (χ0v) is 11.1. The van der Waals surface area contributed by atoms with Crippen LogP contribution in [0.2, 0.25) is 0 Å². The molecule has 2 aliphatic carbocycles. The first kappa shape index (κ1) is 15.6. The average molecular weight is 330 g/mol. The molecular formula is C13H12F6O3. The lowest BCUT2D eigenvalue weighted by Gasteiger charge is -2.58. The maximum atomic E-state index is 13.1. The summed E-state index contributed by atoms with van der Waals surface area (Å²) in [6, 6.07) is 0. The molecule has 9 heteroatoms. The predicted octanol–water partition coefficient (Wildman–Crippen LogP) is 3.15. The molecule has 22 heavy (non-hydrogen) atoms. The molecule has 0 aromatic carbocycles. The number of carbonyl (C=O) groups is 1. The summed E-state index contributed by atoms with van der Waals surface area (Å²) in [5.41, 5.74) is -5.56. The standard InChI is InChI=1S/C13H12F6O3/c1-2-7(20)21-10-4-3-6(5-10)8-9(10)22-11(8,12(14,15)16)13(17,18)19/h2,6,8-9H,1,3-5H2. The van der Waals surface area contributed by atoms with Crippen LogP contribution in [0.15, 0.2) is 12.7 Å². The monoisotopic (exact) mass is 330 g/mol. The van der Waals surface area contributed by atoms with E-state index in [1.165, 1.54) is 0 Å². The lowest BCUT2D eigenvalue weighted by molar-refractivity contribution is -0.477. The van der Waals surface area contributed by atoms with E-state index < -0.39 is 47.5 Å². The minimum Gasteiger partial charge on any atom is -0.453 e. The van der Waals surface area contributed by atoms with Gasteiger partial charge in [0.25, 0.3) is 5.60 Å². The first-order chi connectivity index (χ1) is 9.98. The first-order valence-corrected chi connectivity index (χ1v) is 6.65. The van der Waals surface area contributed by atoms with E-state index in [-0.39, 0.29) is 19.3 Å². The summed E-state index contributed by atoms with van der Waals surface area (Å²) in [7, 11) is 0. The zero-order valence-electron chi connectivity index (χ0n) is 11.1. The van der Waals surface area contributed by atoms with E-state index >= 15 is 0 Å². The quantitative estimate of drug-likeness (QED) is 0.443. The van der Waals surface area contributed by atoms with E-state index in [2.05, 4.69) is 11.3 Å². The number of fused-ring (bicyclic) bond motifs is 5. The van der Waals surface area contributed by atoms with Gasteiger partial charge >= 0.3 is 18.3 Å². The fourth-order valence-electron chi connectivity index (χ4n) is 4.21. The summed E-state index contributed by atoms with van der Waals surface area (Å²) in [5.74, 6) is -3.47. The minimum absolute atomic E-state index is 0.0458. The van der Waals surface area contributed by atoms with Crippen molar-refractivity contribution in [3.63, 3.8) is 0 Å². The fraction of sp³-hybridized carbons (Fsp3) is 0.769. The van der Waals surface area contributed by atoms with Gasteiger partial charge in [-0.2, -0.15) is 26.3 Å². The Morgan fingerprint density at radius 2 is 1.82 bits per heavy atom. The van der Waals surface area contributed by atoms with Gasteiger partial charge in [-0.25, -0.2) is 4.79 Å². The van der Waals surface area contributed by atoms with Crippen LogP contribution in [-0.2, 0) is 14.3 Å². The van der Waals surface area contributed by atoms with Crippen LogP contribution in [0.25, 0.3) is 0 Å². The number of hydrogen-bond acceptors (Lipinski definition) is 3. The van der Waals surface area contributed by atoms with Crippen molar-refractivity contribution < 1.29 is 40.6 Å². The maximum absolute atomic E-state index is 13.1. The molecule has 0 amide bonds. The molecular weight excluding hydrogens is 318 g/mol. The maximum Gasteiger partial charge on any atom is 0.426 e. The molecule has 3 fully saturated rings. The largest absolute Gasteiger partial charge is 0.453 e. The molecule has 1 heterocycles. The van der Waals surface area contributed by atoms with Crippen molar-refractivity contribution in [3.05, 3.63) is 12.7 Å². The Morgan fingerprint density at radius 1 is 1.23 bits per heavy atom. The van der Waals surface area contributed by atoms with E-state index in [0.29, 0.717) is 0 Å². The Labute approximate surface area is 121 Å². The number of carbonyl (C=O) groups excluding carboxylic acids is 1. The van der Waals surface area contributed by atoms with Crippen LogP contribution in [0.1, 0.15) is 19.3 Å². The Bertz CT molecular complexity index is 511. The highest BCUT2D eigenvalue weighted by molar-refractivity contribution is 5.81. The van der Waals surface area contributed by atoms with Gasteiger partial charge in [-0.15, -0.1) is 0 Å². The summed E-state index contributed by atoms with van der Waals surface area (Å²) in [6.07, 6.45) is -11.4. The highest BCUT2D eigenvalue weighted by Crippen LogP contribution is 2.71. The van der Waals surface area contributed by atoms with Crippen molar-refractivity contribution in [2.75, 3.05) is 0 Å². The van der Waals surface area contributed by atoms with Gasteiger partial charge in [-0.3, -0.25) is 0 Å². The van der Waals surface area contributed by atoms with E-state index in [0.717, 1.165) is 6.08 Å². The van der Waals surface area contributed by atoms with Crippen LogP contribution in [0.3, 0.4) is 0 Å². The summed E-state index contributed by atoms with van der Waals surface area (Å²) in [5, 5.41) is 0. The molecule has 124 valence electrons. The summed E-state index contributed by atoms with van der Waals surface area (Å²) in [6.45, 7) is 3.18. The Morgan fingerprint density at radius 3 is 2.32 bits per heavy atom. The smallest absolute Gasteiger partial charge is 0.426 e. The Balaban J connectivity index is 1.96. The molecule has 4 unspecified atom stereocenters. The summed E-state index contributed by atoms with van der Waals surface area (Å²) in [4.78, 5) is 11.3. The van der Waals surface area contributed by atoms with E-state index in [4.69, 9.17) is 4.74 Å². The number of halogens is 6. The first-order valence-electron chi connectivity index (χ1n) is 6.65. The third kappa shape index (κ3) is 1.65. The van der Waals surface area contributed by atoms with Crippen molar-refractivity contribution >= 4 is 5.97 Å². The number of alkyl halides is 6. The van der Waals surface area contributed by atoms with E-state index in [9.17, 15) is 31.1 Å². The van der Waals surface area contributed by atoms with Crippen LogP contribution in [0.4, 0.5) is 26.3 Å². The van der Waals surface area contributed by atoms with Crippen LogP contribution >= 0.6 is 0 Å². The molecule has 2 saturated carbocycles. The van der Waals surface area contributed by atoms with E-state index in [1.807, 2.05) is 0 Å². The molecule has 0 N–H and O–H groups in total. The van der Waals surface area contributed by atoms with Crippen molar-refractivity contribution in [2.45, 2.75) is 48.9 Å². The second-order valence-corrected chi connectivity index (χ2v) is 5.99. The highest BCUT2D eigenvalue weighted by Gasteiger charge is 2.89. The molecule has 0 aromatic rings. The van der Waals surface area contributed by atoms with Gasteiger partial charge in [0.05, 0.1) is 0 Å². The van der Waals surface area contributed by atoms with Gasteiger partial charge in [0.1, 0.15) is 11.7 Å². The Kier molecular flexibility index (Phi) is 2.97. The number of esters is 1. The van der Waals surface area contributed by atoms with Gasteiger partial charge < -0.3 is 9.47 Å². The lowest BCUT2D eigenvalue weighted by atomic mass is 9.67. The number of rotatable bonds is 2. The molecule has 3 aliphatic rings. The normalized spacial score (nSPS) is 39.1. The molecule has 1 saturated heterocycles. The van der Waals surface area contributed by atoms with Gasteiger partial charge in [-0.05, 0) is 25.2 Å². The number of hydrogen-bond donors (Lipinski definition) is 0. The fourth-order valence-corrected chi connectivity index (χ4v) is 4.21. The topological polar surface area (TPSA) is 35.5 Å². The molecule has 3 rings (SSSR count). The summed E-state index contributed by atoms with van der Waals surface area (Å²) < 4.78 is 88.1. The van der Waals surface area contributed by atoms with Crippen LogP contribution < -0.4 is 0 Å². The van der Waals surface area contributed by atoms with Gasteiger partial charge in [0, 0.05) is 12.0 Å². The molecule has 1 aliphatic heterocycles. The molecule has 3 nitrogen and oxygen atoms in total. The van der Waals surface area contributed by atoms with Crippen molar-refractivity contribution in [2.24, 2.45) is 11.8 Å². The highest BCUT2D eigenvalue weighted by atomic mass is 19.4. The summed E-state index contributed by atoms with van der Waals surface area (Å²) >= 11 is 0. The van der Waals surface area contributed by atoms with Crippen molar-refractivity contribution in [1.82, 2.24) is 0 Å². The van der Waals surface area contributed by atoms with Gasteiger partial charge in [0.15, 0.2) is 0 Å². The molecule has 0 radical (unpaired) electrons. The van der Waals surface area contributed by atoms with E-state index in [1.54, 1.807) is 0 Å². The second-order valence-electron chi connectivity index (χ2n) is 5.99. The van der Waals surface area contributed by atoms with Crippen molar-refractivity contribution in [3.8, 4) is 0 Å². The molecule has 0 aromatic heterocycles. The molecule has 2 bridgehead atoms. The average Bonchev–Trinajstić information content (AvgIpc) is 2.76. The van der Waals surface area contributed by atoms with Gasteiger partial charge in [-0.1, -0.05) is 6.58 Å². The molecule has 0 spiro atoms. The SMILES string of the molecule is C=CC(=O)OC12CCC(C1)C1C2OC1(C(F)(F)F)C(F)(F)F. The van der Waals surface area contributed by atoms with Crippen LogP contribution in [0.5, 0.6) is 0 Å². The van der Waals surface area contributed by atoms with Crippen LogP contribution in [-0.4, -0.2) is 35.6 Å². The lowest BCUT2D eigenvalue weighted by Crippen LogP contribution is -2.78. The number of ether oxygens (including phenoxy) is 2. The van der Waals surface area contributed by atoms with Gasteiger partial charge in [0.2, 0.25) is 0 Å². The third-order valence-electron chi connectivity index (χ3n) is 4.99. The third-order valence-corrected chi connectivity index (χ3v) is 4.99. The minimum atomic E-state index is -5.57. The van der Waals surface area contributed by atoms with Crippen molar-refractivity contribution in [1.29, 1.82) is 0 Å². The molecule has 4 atom stereocenters. The van der Waals surface area contributed by atoms with Crippen LogP contribution in [0, 0.1) is 11.8 Å². The predicted molar refractivity (Wildman–Crippen MR) is 59.6 cm³/mol.